The number of aryl methyl sites for hydroxylation is 4. The Morgan fingerprint density at radius 2 is 1.63 bits per heavy atom. The van der Waals surface area contributed by atoms with Crippen molar-refractivity contribution in [3.63, 3.8) is 0 Å². The van der Waals surface area contributed by atoms with Crippen molar-refractivity contribution in [2.24, 2.45) is 12.8 Å². The molecule has 0 bridgehead atoms. The van der Waals surface area contributed by atoms with Gasteiger partial charge in [-0.05, 0) is 50.6 Å². The van der Waals surface area contributed by atoms with E-state index >= 15 is 0 Å². The number of anilines is 1. The second-order valence-corrected chi connectivity index (χ2v) is 5.53. The first-order valence-electron chi connectivity index (χ1n) is 8.86. The van der Waals surface area contributed by atoms with Gasteiger partial charge in [-0.25, -0.2) is 4.98 Å². The number of phenols is 1. The molecular weight excluding hydrogens is 340 g/mol. The molecule has 0 unspecified atom stereocenters. The first-order chi connectivity index (χ1) is 12.9. The minimum Gasteiger partial charge on any atom is -0.508 e. The fraction of sp³-hybridized carbons (Fsp3) is 0.333. The highest BCUT2D eigenvalue weighted by Gasteiger charge is 2.15. The zero-order chi connectivity index (χ0) is 21.1. The van der Waals surface area contributed by atoms with Gasteiger partial charge in [0.25, 0.3) is 0 Å². The van der Waals surface area contributed by atoms with Gasteiger partial charge in [0.15, 0.2) is 6.29 Å². The van der Waals surface area contributed by atoms with E-state index in [4.69, 9.17) is 10.8 Å². The van der Waals surface area contributed by atoms with Crippen LogP contribution in [0.25, 0.3) is 11.0 Å². The van der Waals surface area contributed by atoms with E-state index < -0.39 is 0 Å². The molecule has 0 amide bonds. The predicted octanol–water partition coefficient (Wildman–Crippen LogP) is 3.89. The average molecular weight is 373 g/mol. The SMILES string of the molecule is CC.CN.Cc1ccccc1O.Cc1cnc2c(c1C)c(C=O)c(N)n2C. The quantitative estimate of drug-likeness (QED) is 0.562. The number of nitrogen functional groups attached to an aromatic ring is 1. The number of carbonyl (C=O) groups is 1. The van der Waals surface area contributed by atoms with Gasteiger partial charge in [-0.2, -0.15) is 0 Å². The monoisotopic (exact) mass is 372 g/mol. The van der Waals surface area contributed by atoms with Gasteiger partial charge in [-0.3, -0.25) is 4.79 Å². The van der Waals surface area contributed by atoms with Crippen LogP contribution < -0.4 is 11.5 Å². The van der Waals surface area contributed by atoms with Crippen LogP contribution in [-0.2, 0) is 7.05 Å². The first-order valence-corrected chi connectivity index (χ1v) is 8.86. The van der Waals surface area contributed by atoms with E-state index in [0.29, 0.717) is 17.1 Å². The summed E-state index contributed by atoms with van der Waals surface area (Å²) in [6.07, 6.45) is 2.59. The van der Waals surface area contributed by atoms with Gasteiger partial charge in [0.1, 0.15) is 17.2 Å². The predicted molar refractivity (Wildman–Crippen MR) is 114 cm³/mol. The lowest BCUT2D eigenvalue weighted by molar-refractivity contribution is 0.112. The van der Waals surface area contributed by atoms with E-state index in [9.17, 15) is 4.79 Å². The Morgan fingerprint density at radius 3 is 2.07 bits per heavy atom. The number of phenolic OH excluding ortho intramolecular Hbond substituents is 1. The Morgan fingerprint density at radius 1 is 1.07 bits per heavy atom. The summed E-state index contributed by atoms with van der Waals surface area (Å²) in [6, 6.07) is 7.25. The van der Waals surface area contributed by atoms with Gasteiger partial charge < -0.3 is 21.1 Å². The zero-order valence-corrected chi connectivity index (χ0v) is 17.4. The number of nitrogens with two attached hydrogens (primary N) is 2. The molecule has 2 aromatic heterocycles. The summed E-state index contributed by atoms with van der Waals surface area (Å²) >= 11 is 0. The second kappa shape index (κ2) is 11.7. The molecule has 0 spiro atoms. The summed E-state index contributed by atoms with van der Waals surface area (Å²) in [5.74, 6) is 0.841. The molecule has 27 heavy (non-hydrogen) atoms. The fourth-order valence-electron chi connectivity index (χ4n) is 2.37. The molecule has 0 atom stereocenters. The third kappa shape index (κ3) is 5.56. The number of aldehydes is 1. The highest BCUT2D eigenvalue weighted by Crippen LogP contribution is 2.28. The van der Waals surface area contributed by atoms with Crippen LogP contribution in [0.3, 0.4) is 0 Å². The highest BCUT2D eigenvalue weighted by molar-refractivity contribution is 6.03. The molecule has 148 valence electrons. The smallest absolute Gasteiger partial charge is 0.154 e. The summed E-state index contributed by atoms with van der Waals surface area (Å²) in [7, 11) is 3.31. The normalized spacial score (nSPS) is 9.19. The first kappa shape index (κ1) is 24.1. The Hall–Kier alpha value is -2.86. The molecule has 0 aliphatic carbocycles. The van der Waals surface area contributed by atoms with E-state index in [0.717, 1.165) is 34.0 Å². The van der Waals surface area contributed by atoms with Crippen LogP contribution in [0, 0.1) is 20.8 Å². The maximum absolute atomic E-state index is 11.0. The van der Waals surface area contributed by atoms with E-state index in [1.54, 1.807) is 16.8 Å². The van der Waals surface area contributed by atoms with Crippen molar-refractivity contribution >= 4 is 23.1 Å². The fourth-order valence-corrected chi connectivity index (χ4v) is 2.37. The number of rotatable bonds is 1. The molecular formula is C21H32N4O2. The van der Waals surface area contributed by atoms with Crippen molar-refractivity contribution in [3.8, 4) is 5.75 Å². The van der Waals surface area contributed by atoms with Crippen molar-refractivity contribution in [1.82, 2.24) is 9.55 Å². The number of fused-ring (bicyclic) bond motifs is 1. The van der Waals surface area contributed by atoms with Gasteiger partial charge in [-0.15, -0.1) is 0 Å². The molecule has 5 N–H and O–H groups in total. The van der Waals surface area contributed by atoms with Crippen LogP contribution in [0.2, 0.25) is 0 Å². The van der Waals surface area contributed by atoms with Crippen LogP contribution in [0.1, 0.15) is 40.9 Å². The van der Waals surface area contributed by atoms with Crippen molar-refractivity contribution in [3.05, 3.63) is 52.7 Å². The number of aromatic nitrogens is 2. The van der Waals surface area contributed by atoms with Crippen molar-refractivity contribution < 1.29 is 9.90 Å². The Kier molecular flexibility index (Phi) is 10.5. The van der Waals surface area contributed by atoms with E-state index in [2.05, 4.69) is 10.7 Å². The molecule has 3 rings (SSSR count). The van der Waals surface area contributed by atoms with Crippen LogP contribution in [0.4, 0.5) is 5.82 Å². The zero-order valence-electron chi connectivity index (χ0n) is 17.4. The van der Waals surface area contributed by atoms with E-state index in [-0.39, 0.29) is 0 Å². The largest absolute Gasteiger partial charge is 0.508 e. The summed E-state index contributed by atoms with van der Waals surface area (Å²) in [6.45, 7) is 9.82. The molecule has 0 saturated carbocycles. The van der Waals surface area contributed by atoms with Gasteiger partial charge in [-0.1, -0.05) is 32.0 Å². The third-order valence-electron chi connectivity index (χ3n) is 4.03. The van der Waals surface area contributed by atoms with Crippen molar-refractivity contribution in [2.75, 3.05) is 12.8 Å². The van der Waals surface area contributed by atoms with Crippen LogP contribution in [0.5, 0.6) is 5.75 Å². The molecule has 3 aromatic rings. The number of benzene rings is 1. The van der Waals surface area contributed by atoms with Crippen LogP contribution in [-0.4, -0.2) is 28.0 Å². The molecule has 0 saturated heterocycles. The maximum atomic E-state index is 11.0. The van der Waals surface area contributed by atoms with Crippen molar-refractivity contribution in [1.29, 1.82) is 0 Å². The number of carbonyl (C=O) groups excluding carboxylic acids is 1. The summed E-state index contributed by atoms with van der Waals surface area (Å²) in [5.41, 5.74) is 14.7. The number of para-hydroxylation sites is 1. The molecule has 2 heterocycles. The molecule has 6 nitrogen and oxygen atoms in total. The van der Waals surface area contributed by atoms with Gasteiger partial charge in [0.05, 0.1) is 5.56 Å². The molecule has 0 aliphatic heterocycles. The molecule has 0 radical (unpaired) electrons. The average Bonchev–Trinajstić information content (AvgIpc) is 2.95. The van der Waals surface area contributed by atoms with Gasteiger partial charge in [0, 0.05) is 18.6 Å². The Labute approximate surface area is 161 Å². The topological polar surface area (TPSA) is 107 Å². The van der Waals surface area contributed by atoms with Crippen LogP contribution >= 0.6 is 0 Å². The molecule has 0 aliphatic rings. The number of hydrogen-bond acceptors (Lipinski definition) is 5. The second-order valence-electron chi connectivity index (χ2n) is 5.53. The lowest BCUT2D eigenvalue weighted by Gasteiger charge is -2.01. The van der Waals surface area contributed by atoms with E-state index in [1.165, 1.54) is 7.05 Å². The van der Waals surface area contributed by atoms with Gasteiger partial charge in [0.2, 0.25) is 0 Å². The molecule has 6 heteroatoms. The Balaban J connectivity index is 0.000000477. The lowest BCUT2D eigenvalue weighted by atomic mass is 10.1. The summed E-state index contributed by atoms with van der Waals surface area (Å²) < 4.78 is 1.74. The third-order valence-corrected chi connectivity index (χ3v) is 4.03. The van der Waals surface area contributed by atoms with E-state index in [1.807, 2.05) is 59.9 Å². The molecule has 0 fully saturated rings. The van der Waals surface area contributed by atoms with Crippen molar-refractivity contribution in [2.45, 2.75) is 34.6 Å². The maximum Gasteiger partial charge on any atom is 0.154 e. The lowest BCUT2D eigenvalue weighted by Crippen LogP contribution is -1.98. The highest BCUT2D eigenvalue weighted by atomic mass is 16.3. The minimum absolute atomic E-state index is 0.368. The number of hydrogen-bond donors (Lipinski definition) is 3. The number of aromatic hydroxyl groups is 1. The number of nitrogens with zero attached hydrogens (tertiary/aromatic N) is 2. The Bertz CT molecular complexity index is 849. The van der Waals surface area contributed by atoms with Gasteiger partial charge >= 0.3 is 0 Å². The minimum atomic E-state index is 0.368. The standard InChI is InChI=1S/C11H13N3O.C7H8O.C2H6.CH5N/c1-6-4-13-11-9(7(6)2)8(5-15)10(12)14(11)3;1-6-4-2-3-5-7(6)8;2*1-2/h4-5H,12H2,1-3H3;2-5,8H,1H3;1-2H3;2H2,1H3. The summed E-state index contributed by atoms with van der Waals surface area (Å²) in [4.78, 5) is 15.3. The number of pyridine rings is 1. The summed E-state index contributed by atoms with van der Waals surface area (Å²) in [5, 5.41) is 9.78. The molecule has 1 aromatic carbocycles. The van der Waals surface area contributed by atoms with Crippen LogP contribution in [0.15, 0.2) is 30.5 Å².